The van der Waals surface area contributed by atoms with Crippen LogP contribution in [-0.2, 0) is 6.54 Å². The molecule has 96 valence electrons. The Morgan fingerprint density at radius 2 is 2.21 bits per heavy atom. The molecule has 2 rings (SSSR count). The number of carbonyl (C=O) groups is 1. The number of rotatable bonds is 4. The Labute approximate surface area is 111 Å². The van der Waals surface area contributed by atoms with E-state index in [1.807, 2.05) is 25.3 Å². The lowest BCUT2D eigenvalue weighted by atomic mass is 10.1. The summed E-state index contributed by atoms with van der Waals surface area (Å²) in [5.74, 6) is -0.149. The first kappa shape index (κ1) is 12.8. The van der Waals surface area contributed by atoms with Crippen molar-refractivity contribution in [2.45, 2.75) is 19.5 Å². The number of carbonyl (C=O) groups excluding carboxylic acids is 1. The van der Waals surface area contributed by atoms with E-state index in [4.69, 9.17) is 5.26 Å². The number of benzene rings is 1. The van der Waals surface area contributed by atoms with Crippen molar-refractivity contribution in [2.24, 2.45) is 0 Å². The first-order valence-electron chi connectivity index (χ1n) is 5.97. The van der Waals surface area contributed by atoms with Gasteiger partial charge < -0.3 is 5.32 Å². The highest BCUT2D eigenvalue weighted by molar-refractivity contribution is 5.94. The number of hydrogen-bond donors (Lipinski definition) is 1. The molecule has 0 unspecified atom stereocenters. The lowest BCUT2D eigenvalue weighted by Crippen LogP contribution is -2.35. The molecule has 1 atom stereocenters. The van der Waals surface area contributed by atoms with E-state index in [0.717, 1.165) is 0 Å². The first-order chi connectivity index (χ1) is 9.19. The summed E-state index contributed by atoms with van der Waals surface area (Å²) in [7, 11) is 0. The highest BCUT2D eigenvalue weighted by atomic mass is 16.1. The zero-order chi connectivity index (χ0) is 13.7. The fourth-order valence-corrected chi connectivity index (χ4v) is 1.74. The number of hydrogen-bond acceptors (Lipinski definition) is 3. The summed E-state index contributed by atoms with van der Waals surface area (Å²) in [4.78, 5) is 12.0. The monoisotopic (exact) mass is 254 g/mol. The molecule has 1 N–H and O–H groups in total. The van der Waals surface area contributed by atoms with Crippen molar-refractivity contribution in [3.63, 3.8) is 0 Å². The Balaban J connectivity index is 1.94. The van der Waals surface area contributed by atoms with Crippen molar-refractivity contribution >= 4 is 5.91 Å². The average molecular weight is 254 g/mol. The van der Waals surface area contributed by atoms with E-state index in [0.29, 0.717) is 17.7 Å². The standard InChI is InChI=1S/C14H14N4O/c1-11(10-18-8-2-7-16-18)17-14(19)13-5-3-12(9-15)4-6-13/h2-8,11H,10H2,1H3,(H,17,19)/t11-/m0/s1. The number of nitriles is 1. The molecule has 0 saturated heterocycles. The number of amides is 1. The van der Waals surface area contributed by atoms with E-state index >= 15 is 0 Å². The van der Waals surface area contributed by atoms with Gasteiger partial charge in [0.2, 0.25) is 0 Å². The minimum absolute atomic E-state index is 0.0250. The molecular formula is C14H14N4O. The molecule has 5 nitrogen and oxygen atoms in total. The molecule has 0 bridgehead atoms. The van der Waals surface area contributed by atoms with Gasteiger partial charge in [-0.25, -0.2) is 0 Å². The van der Waals surface area contributed by atoms with Crippen LogP contribution in [0.5, 0.6) is 0 Å². The van der Waals surface area contributed by atoms with Gasteiger partial charge in [-0.1, -0.05) is 0 Å². The lowest BCUT2D eigenvalue weighted by Gasteiger charge is -2.14. The van der Waals surface area contributed by atoms with E-state index in [9.17, 15) is 4.79 Å². The van der Waals surface area contributed by atoms with E-state index in [-0.39, 0.29) is 11.9 Å². The molecule has 0 aliphatic heterocycles. The van der Waals surface area contributed by atoms with Crippen molar-refractivity contribution in [2.75, 3.05) is 0 Å². The van der Waals surface area contributed by atoms with Crippen LogP contribution in [0, 0.1) is 11.3 Å². The van der Waals surface area contributed by atoms with Gasteiger partial charge >= 0.3 is 0 Å². The van der Waals surface area contributed by atoms with Crippen LogP contribution in [-0.4, -0.2) is 21.7 Å². The lowest BCUT2D eigenvalue weighted by molar-refractivity contribution is 0.0936. The minimum Gasteiger partial charge on any atom is -0.348 e. The molecule has 0 aliphatic carbocycles. The molecule has 2 aromatic rings. The molecule has 1 aromatic carbocycles. The van der Waals surface area contributed by atoms with Gasteiger partial charge in [-0.3, -0.25) is 9.48 Å². The van der Waals surface area contributed by atoms with Crippen molar-refractivity contribution in [1.29, 1.82) is 5.26 Å². The van der Waals surface area contributed by atoms with Crippen LogP contribution in [0.1, 0.15) is 22.8 Å². The van der Waals surface area contributed by atoms with Gasteiger partial charge in [-0.15, -0.1) is 0 Å². The number of nitrogens with zero attached hydrogens (tertiary/aromatic N) is 3. The predicted molar refractivity (Wildman–Crippen MR) is 70.3 cm³/mol. The van der Waals surface area contributed by atoms with Crippen molar-refractivity contribution in [1.82, 2.24) is 15.1 Å². The number of aromatic nitrogens is 2. The quantitative estimate of drug-likeness (QED) is 0.900. The zero-order valence-electron chi connectivity index (χ0n) is 10.6. The molecule has 19 heavy (non-hydrogen) atoms. The second-order valence-corrected chi connectivity index (χ2v) is 4.29. The van der Waals surface area contributed by atoms with Crippen LogP contribution in [0.3, 0.4) is 0 Å². The van der Waals surface area contributed by atoms with Gasteiger partial charge in [0, 0.05) is 24.0 Å². The van der Waals surface area contributed by atoms with E-state index in [2.05, 4.69) is 10.4 Å². The Hall–Kier alpha value is -2.61. The summed E-state index contributed by atoms with van der Waals surface area (Å²) in [6.45, 7) is 2.54. The Bertz CT molecular complexity index is 581. The third-order valence-electron chi connectivity index (χ3n) is 2.67. The zero-order valence-corrected chi connectivity index (χ0v) is 10.6. The first-order valence-corrected chi connectivity index (χ1v) is 5.97. The van der Waals surface area contributed by atoms with Crippen LogP contribution in [0.2, 0.25) is 0 Å². The molecule has 0 saturated carbocycles. The summed E-state index contributed by atoms with van der Waals surface area (Å²) in [5, 5.41) is 15.7. The predicted octanol–water partition coefficient (Wildman–Crippen LogP) is 1.57. The van der Waals surface area contributed by atoms with Crippen LogP contribution < -0.4 is 5.32 Å². The Morgan fingerprint density at radius 1 is 1.47 bits per heavy atom. The molecule has 1 amide bonds. The Kier molecular flexibility index (Phi) is 3.94. The summed E-state index contributed by atoms with van der Waals surface area (Å²) >= 11 is 0. The third kappa shape index (κ3) is 3.42. The highest BCUT2D eigenvalue weighted by Crippen LogP contribution is 2.04. The van der Waals surface area contributed by atoms with Crippen molar-refractivity contribution in [3.8, 4) is 6.07 Å². The summed E-state index contributed by atoms with van der Waals surface area (Å²) in [6, 6.07) is 10.4. The average Bonchev–Trinajstić information content (AvgIpc) is 2.91. The summed E-state index contributed by atoms with van der Waals surface area (Å²) in [5.41, 5.74) is 1.09. The smallest absolute Gasteiger partial charge is 0.251 e. The molecule has 0 spiro atoms. The SMILES string of the molecule is C[C@@H](Cn1cccn1)NC(=O)c1ccc(C#N)cc1. The molecule has 5 heteroatoms. The Morgan fingerprint density at radius 3 is 2.79 bits per heavy atom. The molecule has 1 heterocycles. The van der Waals surface area contributed by atoms with E-state index < -0.39 is 0 Å². The summed E-state index contributed by atoms with van der Waals surface area (Å²) < 4.78 is 1.77. The topological polar surface area (TPSA) is 70.7 Å². The van der Waals surface area contributed by atoms with Crippen LogP contribution in [0.15, 0.2) is 42.7 Å². The second-order valence-electron chi connectivity index (χ2n) is 4.29. The molecule has 0 aliphatic rings. The maximum absolute atomic E-state index is 12.0. The minimum atomic E-state index is -0.149. The van der Waals surface area contributed by atoms with E-state index in [1.54, 1.807) is 35.1 Å². The number of nitrogens with one attached hydrogen (secondary N) is 1. The summed E-state index contributed by atoms with van der Waals surface area (Å²) in [6.07, 6.45) is 3.56. The largest absolute Gasteiger partial charge is 0.348 e. The van der Waals surface area contributed by atoms with Crippen molar-refractivity contribution < 1.29 is 4.79 Å². The normalized spacial score (nSPS) is 11.6. The van der Waals surface area contributed by atoms with Gasteiger partial charge in [0.05, 0.1) is 18.2 Å². The maximum Gasteiger partial charge on any atom is 0.251 e. The van der Waals surface area contributed by atoms with Crippen molar-refractivity contribution in [3.05, 3.63) is 53.9 Å². The third-order valence-corrected chi connectivity index (χ3v) is 2.67. The van der Waals surface area contributed by atoms with Crippen LogP contribution >= 0.6 is 0 Å². The van der Waals surface area contributed by atoms with Gasteiger partial charge in [0.1, 0.15) is 0 Å². The maximum atomic E-state index is 12.0. The van der Waals surface area contributed by atoms with E-state index in [1.165, 1.54) is 0 Å². The van der Waals surface area contributed by atoms with Gasteiger partial charge in [0.25, 0.3) is 5.91 Å². The second kappa shape index (κ2) is 5.83. The van der Waals surface area contributed by atoms with Gasteiger partial charge in [0.15, 0.2) is 0 Å². The van der Waals surface area contributed by atoms with Gasteiger partial charge in [-0.05, 0) is 37.3 Å². The molecule has 0 fully saturated rings. The molecule has 0 radical (unpaired) electrons. The highest BCUT2D eigenvalue weighted by Gasteiger charge is 2.10. The van der Waals surface area contributed by atoms with Crippen LogP contribution in [0.4, 0.5) is 0 Å². The fraction of sp³-hybridized carbons (Fsp3) is 0.214. The molecular weight excluding hydrogens is 240 g/mol. The van der Waals surface area contributed by atoms with Gasteiger partial charge in [-0.2, -0.15) is 10.4 Å². The molecule has 1 aromatic heterocycles. The fourth-order valence-electron chi connectivity index (χ4n) is 1.74. The van der Waals surface area contributed by atoms with Crippen LogP contribution in [0.25, 0.3) is 0 Å².